The Balaban J connectivity index is 0.933. The van der Waals surface area contributed by atoms with Gasteiger partial charge in [-0.05, 0) is 105 Å². The quantitative estimate of drug-likeness (QED) is 0.343. The number of carbonyl (C=O) groups is 1. The Morgan fingerprint density at radius 2 is 1.62 bits per heavy atom. The summed E-state index contributed by atoms with van der Waals surface area (Å²) in [5, 5.41) is 13.4. The second-order valence-electron chi connectivity index (χ2n) is 14.3. The molecular formula is C38H50ClN7O2. The van der Waals surface area contributed by atoms with Crippen LogP contribution in [0.15, 0.2) is 59.7 Å². The molecule has 10 heteroatoms. The van der Waals surface area contributed by atoms with Crippen molar-refractivity contribution in [1.82, 2.24) is 24.9 Å². The fourth-order valence-electron chi connectivity index (χ4n) is 7.68. The van der Waals surface area contributed by atoms with Crippen LogP contribution in [0.1, 0.15) is 56.2 Å². The van der Waals surface area contributed by atoms with Gasteiger partial charge in [0.1, 0.15) is 18.6 Å². The highest BCUT2D eigenvalue weighted by molar-refractivity contribution is 6.30. The van der Waals surface area contributed by atoms with Crippen LogP contribution in [0.25, 0.3) is 0 Å². The second-order valence-corrected chi connectivity index (χ2v) is 14.7. The van der Waals surface area contributed by atoms with Crippen molar-refractivity contribution in [3.8, 4) is 11.8 Å². The molecule has 1 unspecified atom stereocenters. The van der Waals surface area contributed by atoms with E-state index in [0.29, 0.717) is 29.8 Å². The lowest BCUT2D eigenvalue weighted by Gasteiger charge is -2.44. The predicted molar refractivity (Wildman–Crippen MR) is 192 cm³/mol. The van der Waals surface area contributed by atoms with Crippen molar-refractivity contribution in [2.75, 3.05) is 72.1 Å². The Hall–Kier alpha value is -3.26. The molecule has 0 amide bonds. The van der Waals surface area contributed by atoms with Gasteiger partial charge in [0.15, 0.2) is 6.29 Å². The van der Waals surface area contributed by atoms with Gasteiger partial charge in [0.2, 0.25) is 0 Å². The molecule has 0 spiro atoms. The number of piperidine rings is 2. The van der Waals surface area contributed by atoms with Gasteiger partial charge in [-0.3, -0.25) is 14.7 Å². The van der Waals surface area contributed by atoms with Crippen molar-refractivity contribution in [3.05, 3.63) is 76.5 Å². The first kappa shape index (κ1) is 34.6. The molecule has 0 aromatic heterocycles. The number of nitrogens with zero attached hydrogens (tertiary/aromatic N) is 6. The van der Waals surface area contributed by atoms with Crippen molar-refractivity contribution in [3.63, 3.8) is 0 Å². The van der Waals surface area contributed by atoms with Gasteiger partial charge in [-0.25, -0.2) is 4.99 Å². The average molecular weight is 672 g/mol. The van der Waals surface area contributed by atoms with E-state index < -0.39 is 0 Å². The maximum atomic E-state index is 10.8. The van der Waals surface area contributed by atoms with Crippen molar-refractivity contribution in [1.29, 1.82) is 5.26 Å². The average Bonchev–Trinajstić information content (AvgIpc) is 3.12. The molecule has 6 rings (SSSR count). The molecule has 256 valence electrons. The number of nitriles is 1. The molecule has 2 aromatic rings. The van der Waals surface area contributed by atoms with Gasteiger partial charge in [0.25, 0.3) is 0 Å². The lowest BCUT2D eigenvalue weighted by Crippen LogP contribution is -2.57. The number of hydrogen-bond acceptors (Lipinski definition) is 9. The molecule has 0 aliphatic carbocycles. The van der Waals surface area contributed by atoms with Gasteiger partial charge in [-0.15, -0.1) is 0 Å². The summed E-state index contributed by atoms with van der Waals surface area (Å²) in [6.45, 7) is 15.2. The standard InChI is InChI=1S/C38H50ClN7O2/c1-38(2,32-23-30(26-40)24-33(39)25-32)31-3-5-36(6-4-31)48-28-34-7-12-41-37(42-34)46-19-17-45(18-20-46)35-10-15-44(16-11-35)27-29-8-13-43(14-9-29)21-22-47/h3-7,12,22-25,29,35,37,41H,8-11,13-21,27-28H2,1-2H3. The van der Waals surface area contributed by atoms with E-state index >= 15 is 0 Å². The molecule has 1 atom stereocenters. The summed E-state index contributed by atoms with van der Waals surface area (Å²) in [6, 6.07) is 16.6. The maximum absolute atomic E-state index is 10.8. The molecule has 2 aromatic carbocycles. The molecule has 4 aliphatic heterocycles. The Morgan fingerprint density at radius 3 is 2.31 bits per heavy atom. The first-order valence-electron chi connectivity index (χ1n) is 17.6. The third-order valence-electron chi connectivity index (χ3n) is 10.8. The Bertz CT molecular complexity index is 1480. The van der Waals surface area contributed by atoms with Crippen LogP contribution in [0.5, 0.6) is 5.75 Å². The molecule has 4 aliphatic rings. The molecular weight excluding hydrogens is 622 g/mol. The number of aliphatic imine (C=N–C) groups is 1. The maximum Gasteiger partial charge on any atom is 0.176 e. The number of ether oxygens (including phenoxy) is 1. The van der Waals surface area contributed by atoms with Gasteiger partial charge >= 0.3 is 0 Å². The van der Waals surface area contributed by atoms with Gasteiger partial charge in [-0.1, -0.05) is 37.6 Å². The highest BCUT2D eigenvalue weighted by Crippen LogP contribution is 2.34. The number of carbonyl (C=O) groups excluding carboxylic acids is 1. The van der Waals surface area contributed by atoms with Crippen molar-refractivity contribution >= 4 is 23.6 Å². The van der Waals surface area contributed by atoms with Gasteiger partial charge < -0.3 is 19.7 Å². The summed E-state index contributed by atoms with van der Waals surface area (Å²) in [7, 11) is 0. The van der Waals surface area contributed by atoms with Crippen molar-refractivity contribution in [2.45, 2.75) is 57.3 Å². The minimum Gasteiger partial charge on any atom is -0.487 e. The third kappa shape index (κ3) is 8.66. The summed E-state index contributed by atoms with van der Waals surface area (Å²) in [4.78, 5) is 25.9. The zero-order valence-corrected chi connectivity index (χ0v) is 29.2. The van der Waals surface area contributed by atoms with E-state index in [1.165, 1.54) is 45.3 Å². The number of benzene rings is 2. The zero-order chi connectivity index (χ0) is 33.5. The van der Waals surface area contributed by atoms with Crippen molar-refractivity contribution < 1.29 is 9.53 Å². The van der Waals surface area contributed by atoms with E-state index in [4.69, 9.17) is 21.3 Å². The zero-order valence-electron chi connectivity index (χ0n) is 28.5. The van der Waals surface area contributed by atoms with E-state index in [1.54, 1.807) is 6.07 Å². The van der Waals surface area contributed by atoms with Gasteiger partial charge in [0.05, 0.1) is 23.9 Å². The summed E-state index contributed by atoms with van der Waals surface area (Å²) >= 11 is 6.29. The normalized spacial score (nSPS) is 22.5. The highest BCUT2D eigenvalue weighted by atomic mass is 35.5. The molecule has 0 bridgehead atoms. The molecule has 0 saturated carbocycles. The molecule has 9 nitrogen and oxygen atoms in total. The largest absolute Gasteiger partial charge is 0.487 e. The summed E-state index contributed by atoms with van der Waals surface area (Å²) in [6.07, 6.45) is 9.93. The number of rotatable bonds is 11. The first-order valence-corrected chi connectivity index (χ1v) is 18.0. The van der Waals surface area contributed by atoms with Crippen molar-refractivity contribution in [2.24, 2.45) is 10.9 Å². The van der Waals surface area contributed by atoms with Gasteiger partial charge in [-0.2, -0.15) is 5.26 Å². The second kappa shape index (κ2) is 16.0. The van der Waals surface area contributed by atoms with Gasteiger partial charge in [0, 0.05) is 55.4 Å². The number of piperazine rings is 1. The lowest BCUT2D eigenvalue weighted by molar-refractivity contribution is -0.109. The molecule has 48 heavy (non-hydrogen) atoms. The number of halogens is 1. The number of likely N-dealkylation sites (tertiary alicyclic amines) is 2. The fraction of sp³-hybridized carbons (Fsp3) is 0.553. The number of nitrogens with one attached hydrogen (secondary N) is 1. The molecule has 1 N–H and O–H groups in total. The molecule has 4 heterocycles. The third-order valence-corrected chi connectivity index (χ3v) is 11.1. The fourth-order valence-corrected chi connectivity index (χ4v) is 7.92. The number of aldehydes is 1. The molecule has 0 radical (unpaired) electrons. The summed E-state index contributed by atoms with van der Waals surface area (Å²) in [5.41, 5.74) is 3.30. The molecule has 3 saturated heterocycles. The Morgan fingerprint density at radius 1 is 0.938 bits per heavy atom. The topological polar surface area (TPSA) is 87.4 Å². The first-order chi connectivity index (χ1) is 23.3. The summed E-state index contributed by atoms with van der Waals surface area (Å²) < 4.78 is 6.16. The lowest BCUT2D eigenvalue weighted by atomic mass is 9.78. The highest BCUT2D eigenvalue weighted by Gasteiger charge is 2.31. The van der Waals surface area contributed by atoms with Crippen LogP contribution >= 0.6 is 11.6 Å². The smallest absolute Gasteiger partial charge is 0.176 e. The SMILES string of the molecule is CC(C)(c1ccc(OCC2=NC(N3CCN(C4CCN(CC5CCN(CC=O)CC5)CC4)CC3)NC=C2)cc1)c1cc(Cl)cc(C#N)c1. The van der Waals surface area contributed by atoms with Crippen LogP contribution in [0.3, 0.4) is 0 Å². The van der Waals surface area contributed by atoms with E-state index in [1.807, 2.05) is 36.5 Å². The minimum absolute atomic E-state index is 0.0604. The van der Waals surface area contributed by atoms with Crippen LogP contribution in [0.2, 0.25) is 5.02 Å². The van der Waals surface area contributed by atoms with Crippen LogP contribution in [-0.2, 0) is 10.2 Å². The van der Waals surface area contributed by atoms with Crippen LogP contribution in [0.4, 0.5) is 0 Å². The van der Waals surface area contributed by atoms with Crippen LogP contribution in [0, 0.1) is 17.2 Å². The van der Waals surface area contributed by atoms with E-state index in [-0.39, 0.29) is 11.7 Å². The van der Waals surface area contributed by atoms with E-state index in [9.17, 15) is 10.1 Å². The Kier molecular flexibility index (Phi) is 11.5. The monoisotopic (exact) mass is 671 g/mol. The summed E-state index contributed by atoms with van der Waals surface area (Å²) in [5.74, 6) is 1.57. The van der Waals surface area contributed by atoms with E-state index in [0.717, 1.165) is 74.1 Å². The van der Waals surface area contributed by atoms with Crippen LogP contribution < -0.4 is 10.1 Å². The minimum atomic E-state index is -0.317. The molecule has 3 fully saturated rings. The van der Waals surface area contributed by atoms with Crippen LogP contribution in [-0.4, -0.2) is 116 Å². The number of hydrogen-bond donors (Lipinski definition) is 1. The Labute approximate surface area is 291 Å². The predicted octanol–water partition coefficient (Wildman–Crippen LogP) is 4.75. The van der Waals surface area contributed by atoms with E-state index in [2.05, 4.69) is 57.0 Å².